The molecular formula is C9H18NO2. The predicted octanol–water partition coefficient (Wildman–Crippen LogP) is 1.31. The minimum Gasteiger partial charge on any atom is -0.340 e. The van der Waals surface area contributed by atoms with Gasteiger partial charge in [0.25, 0.3) is 0 Å². The van der Waals surface area contributed by atoms with Gasteiger partial charge in [-0.2, -0.15) is 0 Å². The highest BCUT2D eigenvalue weighted by Gasteiger charge is 2.14. The van der Waals surface area contributed by atoms with E-state index in [0.717, 1.165) is 6.42 Å². The van der Waals surface area contributed by atoms with Crippen LogP contribution in [-0.4, -0.2) is 30.5 Å². The van der Waals surface area contributed by atoms with Crippen molar-refractivity contribution >= 4 is 5.91 Å². The molecule has 0 fully saturated rings. The van der Waals surface area contributed by atoms with Crippen LogP contribution < -0.4 is 0 Å². The summed E-state index contributed by atoms with van der Waals surface area (Å²) in [5, 5.41) is 10.3. The van der Waals surface area contributed by atoms with Crippen molar-refractivity contribution in [2.75, 3.05) is 19.7 Å². The van der Waals surface area contributed by atoms with Gasteiger partial charge in [-0.25, -0.2) is 5.11 Å². The van der Waals surface area contributed by atoms with Crippen molar-refractivity contribution in [1.29, 1.82) is 0 Å². The first-order chi connectivity index (χ1) is 5.63. The minimum atomic E-state index is -0.196. The summed E-state index contributed by atoms with van der Waals surface area (Å²) in [6, 6.07) is 0. The molecule has 0 bridgehead atoms. The van der Waals surface area contributed by atoms with Gasteiger partial charge in [-0.15, -0.1) is 0 Å². The molecule has 0 saturated carbocycles. The van der Waals surface area contributed by atoms with Crippen molar-refractivity contribution in [1.82, 2.24) is 4.90 Å². The molecule has 0 aliphatic carbocycles. The van der Waals surface area contributed by atoms with Crippen LogP contribution in [0.4, 0.5) is 0 Å². The summed E-state index contributed by atoms with van der Waals surface area (Å²) in [7, 11) is 0. The molecule has 0 atom stereocenters. The summed E-state index contributed by atoms with van der Waals surface area (Å²) in [6.45, 7) is 6.58. The van der Waals surface area contributed by atoms with Crippen molar-refractivity contribution in [2.24, 2.45) is 5.92 Å². The van der Waals surface area contributed by atoms with Crippen LogP contribution in [0.15, 0.2) is 0 Å². The number of amides is 1. The molecule has 0 aliphatic heterocycles. The van der Waals surface area contributed by atoms with Gasteiger partial charge < -0.3 is 4.90 Å². The fourth-order valence-electron chi connectivity index (χ4n) is 1.08. The molecule has 0 heterocycles. The van der Waals surface area contributed by atoms with E-state index >= 15 is 0 Å². The van der Waals surface area contributed by atoms with Gasteiger partial charge in [-0.05, 0) is 6.42 Å². The maximum Gasteiger partial charge on any atom is 0.225 e. The van der Waals surface area contributed by atoms with Gasteiger partial charge in [-0.3, -0.25) is 4.79 Å². The molecule has 0 aromatic rings. The lowest BCUT2D eigenvalue weighted by atomic mass is 10.2. The first-order valence-electron chi connectivity index (χ1n) is 4.50. The summed E-state index contributed by atoms with van der Waals surface area (Å²) < 4.78 is 0. The van der Waals surface area contributed by atoms with Crippen LogP contribution in [0.25, 0.3) is 0 Å². The van der Waals surface area contributed by atoms with Gasteiger partial charge in [-0.1, -0.05) is 20.8 Å². The Morgan fingerprint density at radius 1 is 1.33 bits per heavy atom. The molecule has 0 N–H and O–H groups in total. The van der Waals surface area contributed by atoms with Gasteiger partial charge >= 0.3 is 0 Å². The Labute approximate surface area is 74.4 Å². The fraction of sp³-hybridized carbons (Fsp3) is 0.889. The van der Waals surface area contributed by atoms with Crippen molar-refractivity contribution in [3.8, 4) is 0 Å². The van der Waals surface area contributed by atoms with Crippen LogP contribution in [0.1, 0.15) is 27.2 Å². The molecule has 71 valence electrons. The molecule has 12 heavy (non-hydrogen) atoms. The smallest absolute Gasteiger partial charge is 0.225 e. The van der Waals surface area contributed by atoms with E-state index in [-0.39, 0.29) is 18.4 Å². The van der Waals surface area contributed by atoms with Crippen LogP contribution >= 0.6 is 0 Å². The monoisotopic (exact) mass is 172 g/mol. The Morgan fingerprint density at radius 2 is 1.92 bits per heavy atom. The van der Waals surface area contributed by atoms with Gasteiger partial charge in [0, 0.05) is 19.0 Å². The second kappa shape index (κ2) is 6.00. The van der Waals surface area contributed by atoms with E-state index in [1.54, 1.807) is 4.90 Å². The van der Waals surface area contributed by atoms with Crippen LogP contribution in [0, 0.1) is 5.92 Å². The van der Waals surface area contributed by atoms with Crippen molar-refractivity contribution in [2.45, 2.75) is 27.2 Å². The molecule has 0 unspecified atom stereocenters. The zero-order valence-electron chi connectivity index (χ0n) is 8.17. The lowest BCUT2D eigenvalue weighted by Crippen LogP contribution is -2.36. The molecule has 0 aliphatic rings. The third-order valence-corrected chi connectivity index (χ3v) is 1.66. The Kier molecular flexibility index (Phi) is 5.72. The second-order valence-corrected chi connectivity index (χ2v) is 3.18. The normalized spacial score (nSPS) is 10.4. The molecule has 3 nitrogen and oxygen atoms in total. The topological polar surface area (TPSA) is 40.2 Å². The van der Waals surface area contributed by atoms with E-state index in [4.69, 9.17) is 0 Å². The number of hydrogen-bond acceptors (Lipinski definition) is 1. The average Bonchev–Trinajstić information content (AvgIpc) is 2.03. The molecule has 0 saturated heterocycles. The molecule has 3 heteroatoms. The summed E-state index contributed by atoms with van der Waals surface area (Å²) >= 11 is 0. The Bertz CT molecular complexity index is 128. The molecule has 0 aromatic carbocycles. The first kappa shape index (κ1) is 11.4. The van der Waals surface area contributed by atoms with E-state index in [1.165, 1.54) is 0 Å². The van der Waals surface area contributed by atoms with Gasteiger partial charge in [0.2, 0.25) is 5.91 Å². The van der Waals surface area contributed by atoms with E-state index < -0.39 is 0 Å². The summed E-state index contributed by atoms with van der Waals surface area (Å²) in [5.74, 6) is 0.0933. The average molecular weight is 172 g/mol. The van der Waals surface area contributed by atoms with Crippen molar-refractivity contribution in [3.63, 3.8) is 0 Å². The third kappa shape index (κ3) is 3.72. The van der Waals surface area contributed by atoms with Crippen LogP contribution in [0.3, 0.4) is 0 Å². The first-order valence-corrected chi connectivity index (χ1v) is 4.50. The predicted molar refractivity (Wildman–Crippen MR) is 47.3 cm³/mol. The Balaban J connectivity index is 3.99. The SMILES string of the molecule is CCCN(CC[O])C(=O)C(C)C. The molecule has 0 spiro atoms. The maximum absolute atomic E-state index is 11.4. The maximum atomic E-state index is 11.4. The van der Waals surface area contributed by atoms with Crippen LogP contribution in [0.2, 0.25) is 0 Å². The van der Waals surface area contributed by atoms with Gasteiger partial charge in [0.05, 0.1) is 6.61 Å². The molecule has 0 aromatic heterocycles. The Hall–Kier alpha value is -0.570. The summed E-state index contributed by atoms with van der Waals surface area (Å²) in [6.07, 6.45) is 0.915. The highest BCUT2D eigenvalue weighted by Crippen LogP contribution is 2.01. The van der Waals surface area contributed by atoms with Crippen molar-refractivity contribution in [3.05, 3.63) is 0 Å². The minimum absolute atomic E-state index is 0.00287. The number of carbonyl (C=O) groups is 1. The van der Waals surface area contributed by atoms with E-state index in [9.17, 15) is 9.90 Å². The quantitative estimate of drug-likeness (QED) is 0.616. The standard InChI is InChI=1S/C9H18NO2/c1-4-5-10(6-7-11)9(12)8(2)3/h8H,4-7H2,1-3H3. The Morgan fingerprint density at radius 3 is 2.25 bits per heavy atom. The second-order valence-electron chi connectivity index (χ2n) is 3.18. The number of nitrogens with zero attached hydrogens (tertiary/aromatic N) is 1. The van der Waals surface area contributed by atoms with E-state index in [1.807, 2.05) is 20.8 Å². The third-order valence-electron chi connectivity index (χ3n) is 1.66. The molecule has 1 radical (unpaired) electrons. The van der Waals surface area contributed by atoms with E-state index in [0.29, 0.717) is 13.1 Å². The lowest BCUT2D eigenvalue weighted by Gasteiger charge is -2.22. The highest BCUT2D eigenvalue weighted by atomic mass is 16.3. The molecular weight excluding hydrogens is 154 g/mol. The lowest BCUT2D eigenvalue weighted by molar-refractivity contribution is -0.135. The summed E-state index contributed by atoms with van der Waals surface area (Å²) in [4.78, 5) is 13.1. The molecule has 0 rings (SSSR count). The zero-order valence-corrected chi connectivity index (χ0v) is 8.17. The largest absolute Gasteiger partial charge is 0.340 e. The number of hydrogen-bond donors (Lipinski definition) is 0. The van der Waals surface area contributed by atoms with Crippen molar-refractivity contribution < 1.29 is 9.90 Å². The number of carbonyl (C=O) groups excluding carboxylic acids is 1. The molecule has 1 amide bonds. The van der Waals surface area contributed by atoms with Gasteiger partial charge in [0.1, 0.15) is 0 Å². The van der Waals surface area contributed by atoms with Gasteiger partial charge in [0.15, 0.2) is 0 Å². The zero-order chi connectivity index (χ0) is 9.56. The number of rotatable bonds is 5. The van der Waals surface area contributed by atoms with E-state index in [2.05, 4.69) is 0 Å². The highest BCUT2D eigenvalue weighted by molar-refractivity contribution is 5.78. The van der Waals surface area contributed by atoms with Crippen LogP contribution in [-0.2, 0) is 9.90 Å². The van der Waals surface area contributed by atoms with Crippen LogP contribution in [0.5, 0.6) is 0 Å². The summed E-state index contributed by atoms with van der Waals surface area (Å²) in [5.41, 5.74) is 0. The fourth-order valence-corrected chi connectivity index (χ4v) is 1.08.